The second-order valence-electron chi connectivity index (χ2n) is 7.30. The Balaban J connectivity index is 2.18. The molecule has 0 heterocycles. The molecular formula is C22H25Cl2FN2O3. The Morgan fingerprint density at radius 1 is 1.10 bits per heavy atom. The van der Waals surface area contributed by atoms with Crippen LogP contribution in [0.15, 0.2) is 42.5 Å². The number of hydrogen-bond acceptors (Lipinski definition) is 3. The Hall–Kier alpha value is -2.31. The summed E-state index contributed by atoms with van der Waals surface area (Å²) in [6, 6.07) is 10.0. The van der Waals surface area contributed by atoms with Crippen LogP contribution < -0.4 is 10.1 Å². The van der Waals surface area contributed by atoms with Crippen LogP contribution in [0.2, 0.25) is 10.0 Å². The van der Waals surface area contributed by atoms with Crippen LogP contribution in [-0.2, 0) is 16.1 Å². The van der Waals surface area contributed by atoms with Gasteiger partial charge in [0.05, 0.1) is 10.0 Å². The highest BCUT2D eigenvalue weighted by atomic mass is 35.5. The molecule has 2 rings (SSSR count). The molecule has 0 aliphatic heterocycles. The van der Waals surface area contributed by atoms with Gasteiger partial charge in [0, 0.05) is 13.1 Å². The summed E-state index contributed by atoms with van der Waals surface area (Å²) in [5.41, 5.74) is 0.701. The maximum Gasteiger partial charge on any atom is 0.261 e. The molecule has 2 aromatic carbocycles. The van der Waals surface area contributed by atoms with E-state index in [9.17, 15) is 14.0 Å². The standard InChI is InChI=1S/C22H25Cl2FN2O3/c1-14(2)11-26-22(29)15(3)27(12-16-8-9-17(23)18(24)10-16)21(28)13-30-20-7-5-4-6-19(20)25/h4-10,14-15H,11-13H2,1-3H3,(H,26,29)/t15-/m0/s1. The molecule has 1 atom stereocenters. The molecule has 162 valence electrons. The highest BCUT2D eigenvalue weighted by Gasteiger charge is 2.27. The number of halogens is 3. The van der Waals surface area contributed by atoms with Crippen LogP contribution in [0.4, 0.5) is 4.39 Å². The molecule has 0 radical (unpaired) electrons. The molecule has 2 aromatic rings. The summed E-state index contributed by atoms with van der Waals surface area (Å²) in [6.07, 6.45) is 0. The van der Waals surface area contributed by atoms with Crippen molar-refractivity contribution in [2.75, 3.05) is 13.2 Å². The number of hydrogen-bond donors (Lipinski definition) is 1. The lowest BCUT2D eigenvalue weighted by Gasteiger charge is -2.29. The molecule has 0 spiro atoms. The number of para-hydroxylation sites is 1. The Labute approximate surface area is 186 Å². The minimum atomic E-state index is -0.769. The first-order valence-electron chi connectivity index (χ1n) is 9.57. The van der Waals surface area contributed by atoms with E-state index in [2.05, 4.69) is 5.32 Å². The number of carbonyl (C=O) groups is 2. The number of carbonyl (C=O) groups excluding carboxylic acids is 2. The van der Waals surface area contributed by atoms with Crippen molar-refractivity contribution in [2.24, 2.45) is 5.92 Å². The van der Waals surface area contributed by atoms with Gasteiger partial charge in [0.1, 0.15) is 6.04 Å². The number of amides is 2. The van der Waals surface area contributed by atoms with Gasteiger partial charge in [-0.2, -0.15) is 0 Å². The van der Waals surface area contributed by atoms with Crippen LogP contribution in [0.25, 0.3) is 0 Å². The lowest BCUT2D eigenvalue weighted by atomic mass is 10.1. The van der Waals surface area contributed by atoms with Gasteiger partial charge in [-0.3, -0.25) is 9.59 Å². The molecule has 0 aliphatic carbocycles. The number of nitrogens with zero attached hydrogens (tertiary/aromatic N) is 1. The fraction of sp³-hybridized carbons (Fsp3) is 0.364. The monoisotopic (exact) mass is 454 g/mol. The van der Waals surface area contributed by atoms with E-state index in [0.29, 0.717) is 22.2 Å². The molecule has 5 nitrogen and oxygen atoms in total. The van der Waals surface area contributed by atoms with E-state index in [4.69, 9.17) is 27.9 Å². The topological polar surface area (TPSA) is 58.6 Å². The van der Waals surface area contributed by atoms with Crippen molar-refractivity contribution in [2.45, 2.75) is 33.4 Å². The summed E-state index contributed by atoms with van der Waals surface area (Å²) >= 11 is 12.0. The summed E-state index contributed by atoms with van der Waals surface area (Å²) in [5, 5.41) is 3.57. The SMILES string of the molecule is CC(C)CNC(=O)[C@H](C)N(Cc1ccc(Cl)c(Cl)c1)C(=O)COc1ccccc1F. The predicted octanol–water partition coefficient (Wildman–Crippen LogP) is 4.70. The zero-order valence-electron chi connectivity index (χ0n) is 17.1. The Morgan fingerprint density at radius 3 is 2.43 bits per heavy atom. The van der Waals surface area contributed by atoms with Crippen molar-refractivity contribution in [3.63, 3.8) is 0 Å². The largest absolute Gasteiger partial charge is 0.481 e. The fourth-order valence-electron chi connectivity index (χ4n) is 2.65. The van der Waals surface area contributed by atoms with Crippen LogP contribution >= 0.6 is 23.2 Å². The third-order valence-corrected chi connectivity index (χ3v) is 5.12. The smallest absolute Gasteiger partial charge is 0.261 e. The van der Waals surface area contributed by atoms with E-state index in [-0.39, 0.29) is 24.1 Å². The van der Waals surface area contributed by atoms with Crippen molar-refractivity contribution >= 4 is 35.0 Å². The van der Waals surface area contributed by atoms with E-state index in [1.165, 1.54) is 23.1 Å². The van der Waals surface area contributed by atoms with E-state index >= 15 is 0 Å². The summed E-state index contributed by atoms with van der Waals surface area (Å²) in [4.78, 5) is 26.9. The second kappa shape index (κ2) is 11.2. The number of ether oxygens (including phenoxy) is 1. The summed E-state index contributed by atoms with van der Waals surface area (Å²) in [6.45, 7) is 5.78. The van der Waals surface area contributed by atoms with Crippen molar-refractivity contribution in [3.05, 3.63) is 63.9 Å². The maximum atomic E-state index is 13.8. The zero-order chi connectivity index (χ0) is 22.3. The number of rotatable bonds is 9. The average Bonchev–Trinajstić information content (AvgIpc) is 2.71. The minimum absolute atomic E-state index is 0.0303. The van der Waals surface area contributed by atoms with Crippen LogP contribution in [0, 0.1) is 11.7 Å². The third-order valence-electron chi connectivity index (χ3n) is 4.38. The summed E-state index contributed by atoms with van der Waals surface area (Å²) in [5.74, 6) is -1.08. The van der Waals surface area contributed by atoms with Crippen LogP contribution in [-0.4, -0.2) is 35.9 Å². The van der Waals surface area contributed by atoms with Gasteiger partial charge < -0.3 is 15.0 Å². The van der Waals surface area contributed by atoms with Gasteiger partial charge in [-0.1, -0.05) is 55.2 Å². The lowest BCUT2D eigenvalue weighted by Crippen LogP contribution is -2.49. The van der Waals surface area contributed by atoms with Gasteiger partial charge in [-0.05, 0) is 42.7 Å². The van der Waals surface area contributed by atoms with Crippen molar-refractivity contribution in [3.8, 4) is 5.75 Å². The van der Waals surface area contributed by atoms with E-state index in [1.54, 1.807) is 31.2 Å². The zero-order valence-corrected chi connectivity index (χ0v) is 18.6. The molecule has 0 aliphatic rings. The van der Waals surface area contributed by atoms with Gasteiger partial charge in [-0.25, -0.2) is 4.39 Å². The van der Waals surface area contributed by atoms with E-state index in [0.717, 1.165) is 0 Å². The van der Waals surface area contributed by atoms with Gasteiger partial charge in [-0.15, -0.1) is 0 Å². The molecule has 8 heteroatoms. The maximum absolute atomic E-state index is 13.8. The Morgan fingerprint density at radius 2 is 1.80 bits per heavy atom. The van der Waals surface area contributed by atoms with E-state index < -0.39 is 24.4 Å². The highest BCUT2D eigenvalue weighted by Crippen LogP contribution is 2.24. The van der Waals surface area contributed by atoms with E-state index in [1.807, 2.05) is 13.8 Å². The van der Waals surface area contributed by atoms with Gasteiger partial charge >= 0.3 is 0 Å². The molecule has 30 heavy (non-hydrogen) atoms. The first-order valence-corrected chi connectivity index (χ1v) is 10.3. The summed E-state index contributed by atoms with van der Waals surface area (Å²) in [7, 11) is 0. The summed E-state index contributed by atoms with van der Waals surface area (Å²) < 4.78 is 19.1. The van der Waals surface area contributed by atoms with Crippen LogP contribution in [0.5, 0.6) is 5.75 Å². The molecule has 1 N–H and O–H groups in total. The molecular weight excluding hydrogens is 430 g/mol. The molecule has 0 bridgehead atoms. The van der Waals surface area contributed by atoms with Crippen molar-refractivity contribution < 1.29 is 18.7 Å². The fourth-order valence-corrected chi connectivity index (χ4v) is 2.97. The molecule has 0 aromatic heterocycles. The molecule has 0 unspecified atom stereocenters. The number of benzene rings is 2. The molecule has 0 saturated carbocycles. The quantitative estimate of drug-likeness (QED) is 0.597. The molecule has 2 amide bonds. The average molecular weight is 455 g/mol. The van der Waals surface area contributed by atoms with Crippen molar-refractivity contribution in [1.82, 2.24) is 10.2 Å². The first-order chi connectivity index (χ1) is 14.2. The van der Waals surface area contributed by atoms with Gasteiger partial charge in [0.2, 0.25) is 5.91 Å². The molecule has 0 fully saturated rings. The minimum Gasteiger partial charge on any atom is -0.481 e. The molecule has 0 saturated heterocycles. The third kappa shape index (κ3) is 6.89. The number of nitrogens with one attached hydrogen (secondary N) is 1. The predicted molar refractivity (Wildman–Crippen MR) is 116 cm³/mol. The highest BCUT2D eigenvalue weighted by molar-refractivity contribution is 6.42. The van der Waals surface area contributed by atoms with Crippen LogP contribution in [0.1, 0.15) is 26.3 Å². The van der Waals surface area contributed by atoms with Crippen LogP contribution in [0.3, 0.4) is 0 Å². The Bertz CT molecular complexity index is 892. The Kier molecular flexibility index (Phi) is 8.93. The first kappa shape index (κ1) is 24.0. The normalized spacial score (nSPS) is 11.8. The lowest BCUT2D eigenvalue weighted by molar-refractivity contribution is -0.142. The second-order valence-corrected chi connectivity index (χ2v) is 8.12. The van der Waals surface area contributed by atoms with Crippen molar-refractivity contribution in [1.29, 1.82) is 0 Å². The van der Waals surface area contributed by atoms with Gasteiger partial charge in [0.25, 0.3) is 5.91 Å². The van der Waals surface area contributed by atoms with Gasteiger partial charge in [0.15, 0.2) is 18.2 Å².